The van der Waals surface area contributed by atoms with Crippen LogP contribution in [0.4, 0.5) is 8.78 Å². The molecular weight excluding hydrogens is 320 g/mol. The van der Waals surface area contributed by atoms with E-state index in [1.54, 1.807) is 12.1 Å². The van der Waals surface area contributed by atoms with Crippen molar-refractivity contribution < 1.29 is 28.0 Å². The van der Waals surface area contributed by atoms with Gasteiger partial charge in [0, 0.05) is 5.56 Å². The minimum atomic E-state index is -1.05. The van der Waals surface area contributed by atoms with Crippen molar-refractivity contribution in [3.63, 3.8) is 0 Å². The number of aryl methyl sites for hydroxylation is 1. The molecule has 7 heteroatoms. The van der Waals surface area contributed by atoms with E-state index in [2.05, 4.69) is 0 Å². The van der Waals surface area contributed by atoms with E-state index in [1.165, 1.54) is 19.1 Å². The van der Waals surface area contributed by atoms with E-state index in [9.17, 15) is 23.2 Å². The molecule has 3 rings (SSSR count). The van der Waals surface area contributed by atoms with Crippen molar-refractivity contribution in [2.24, 2.45) is 0 Å². The first kappa shape index (κ1) is 15.8. The van der Waals surface area contributed by atoms with Crippen LogP contribution in [0.2, 0.25) is 0 Å². The molecule has 0 saturated heterocycles. The van der Waals surface area contributed by atoms with E-state index in [0.29, 0.717) is 5.06 Å². The van der Waals surface area contributed by atoms with Crippen molar-refractivity contribution in [3.8, 4) is 0 Å². The molecule has 0 aromatic heterocycles. The molecule has 1 heterocycles. The fourth-order valence-electron chi connectivity index (χ4n) is 2.36. The molecule has 2 aromatic carbocycles. The Morgan fingerprint density at radius 1 is 1.04 bits per heavy atom. The molecule has 0 saturated carbocycles. The average Bonchev–Trinajstić information content (AvgIpc) is 2.78. The maximum Gasteiger partial charge on any atom is 0.337 e. The third-order valence-corrected chi connectivity index (χ3v) is 3.61. The lowest BCUT2D eigenvalue weighted by atomic mass is 10.1. The third-order valence-electron chi connectivity index (χ3n) is 3.61. The van der Waals surface area contributed by atoms with Gasteiger partial charge in [-0.05, 0) is 36.8 Å². The highest BCUT2D eigenvalue weighted by molar-refractivity contribution is 6.20. The third kappa shape index (κ3) is 2.64. The fourth-order valence-corrected chi connectivity index (χ4v) is 2.36. The van der Waals surface area contributed by atoms with Crippen LogP contribution in [0, 0.1) is 18.6 Å². The van der Waals surface area contributed by atoms with Crippen LogP contribution in [-0.2, 0) is 16.1 Å². The predicted molar refractivity (Wildman–Crippen MR) is 77.8 cm³/mol. The summed E-state index contributed by atoms with van der Waals surface area (Å²) in [4.78, 5) is 40.8. The van der Waals surface area contributed by atoms with Gasteiger partial charge in [0.2, 0.25) is 0 Å². The molecule has 0 N–H and O–H groups in total. The number of halogens is 2. The summed E-state index contributed by atoms with van der Waals surface area (Å²) >= 11 is 0. The van der Waals surface area contributed by atoms with Gasteiger partial charge in [-0.3, -0.25) is 9.59 Å². The van der Waals surface area contributed by atoms with Crippen LogP contribution >= 0.6 is 0 Å². The molecule has 2 aromatic rings. The summed E-state index contributed by atoms with van der Waals surface area (Å²) in [6, 6.07) is 7.84. The molecule has 0 spiro atoms. The molecular formula is C17H11F2NO4. The van der Waals surface area contributed by atoms with Crippen LogP contribution in [0.25, 0.3) is 0 Å². The lowest BCUT2D eigenvalue weighted by Gasteiger charge is -2.13. The highest BCUT2D eigenvalue weighted by Gasteiger charge is 2.38. The molecule has 0 aliphatic carbocycles. The lowest BCUT2D eigenvalue weighted by Crippen LogP contribution is -2.33. The number of rotatable bonds is 3. The molecule has 122 valence electrons. The Balaban J connectivity index is 1.76. The van der Waals surface area contributed by atoms with Gasteiger partial charge < -0.3 is 4.84 Å². The van der Waals surface area contributed by atoms with Crippen molar-refractivity contribution in [2.45, 2.75) is 13.3 Å². The van der Waals surface area contributed by atoms with Crippen LogP contribution in [0.3, 0.4) is 0 Å². The minimum Gasteiger partial charge on any atom is -0.329 e. The number of imide groups is 1. The molecule has 0 fully saturated rings. The second kappa shape index (κ2) is 5.84. The summed E-state index contributed by atoms with van der Waals surface area (Å²) < 4.78 is 27.2. The van der Waals surface area contributed by atoms with E-state index in [-0.39, 0.29) is 22.3 Å². The molecule has 0 atom stereocenters. The zero-order chi connectivity index (χ0) is 17.4. The Morgan fingerprint density at radius 3 is 2.21 bits per heavy atom. The average molecular weight is 331 g/mol. The Kier molecular flexibility index (Phi) is 3.84. The topological polar surface area (TPSA) is 63.7 Å². The van der Waals surface area contributed by atoms with Crippen molar-refractivity contribution >= 4 is 17.8 Å². The summed E-state index contributed by atoms with van der Waals surface area (Å²) in [7, 11) is 0. The Hall–Kier alpha value is -3.09. The highest BCUT2D eigenvalue weighted by Crippen LogP contribution is 2.23. The Bertz CT molecular complexity index is 844. The smallest absolute Gasteiger partial charge is 0.329 e. The standard InChI is InChI=1S/C17H11F2NO4/c1-9-6-14(19)10(7-13(9)18)8-15(21)24-20-16(22)11-4-2-3-5-12(11)17(20)23/h2-7H,8H2,1H3. The molecule has 1 aliphatic heterocycles. The minimum absolute atomic E-state index is 0.102. The van der Waals surface area contributed by atoms with Gasteiger partial charge in [0.05, 0.1) is 17.5 Å². The number of hydroxylamine groups is 2. The Labute approximate surface area is 135 Å². The molecule has 1 aliphatic rings. The Morgan fingerprint density at radius 2 is 1.62 bits per heavy atom. The van der Waals surface area contributed by atoms with Crippen LogP contribution in [0.15, 0.2) is 36.4 Å². The molecule has 0 unspecified atom stereocenters. The van der Waals surface area contributed by atoms with Gasteiger partial charge in [-0.1, -0.05) is 17.2 Å². The summed E-state index contributed by atoms with van der Waals surface area (Å²) in [6.45, 7) is 1.39. The number of fused-ring (bicyclic) bond motifs is 1. The summed E-state index contributed by atoms with van der Waals surface area (Å²) in [5.74, 6) is -4.04. The summed E-state index contributed by atoms with van der Waals surface area (Å²) in [5.41, 5.74) is 0.107. The molecule has 0 bridgehead atoms. The first-order valence-corrected chi connectivity index (χ1v) is 7.01. The van der Waals surface area contributed by atoms with Gasteiger partial charge in [0.1, 0.15) is 11.6 Å². The fraction of sp³-hybridized carbons (Fsp3) is 0.118. The lowest BCUT2D eigenvalue weighted by molar-refractivity contribution is -0.167. The SMILES string of the molecule is Cc1cc(F)c(CC(=O)ON2C(=O)c3ccccc3C2=O)cc1F. The van der Waals surface area contributed by atoms with Crippen molar-refractivity contribution in [1.82, 2.24) is 5.06 Å². The maximum atomic E-state index is 13.8. The van der Waals surface area contributed by atoms with Gasteiger partial charge in [-0.25, -0.2) is 13.6 Å². The van der Waals surface area contributed by atoms with E-state index in [0.717, 1.165) is 12.1 Å². The maximum absolute atomic E-state index is 13.8. The van der Waals surface area contributed by atoms with Crippen LogP contribution in [0.1, 0.15) is 31.8 Å². The largest absolute Gasteiger partial charge is 0.337 e. The second-order valence-electron chi connectivity index (χ2n) is 5.28. The van der Waals surface area contributed by atoms with Crippen molar-refractivity contribution in [3.05, 3.63) is 70.3 Å². The molecule has 0 radical (unpaired) electrons. The number of nitrogens with zero attached hydrogens (tertiary/aromatic N) is 1. The first-order chi connectivity index (χ1) is 11.4. The number of hydrogen-bond donors (Lipinski definition) is 0. The molecule has 2 amide bonds. The van der Waals surface area contributed by atoms with Gasteiger partial charge in [0.15, 0.2) is 0 Å². The number of carbonyl (C=O) groups is 3. The van der Waals surface area contributed by atoms with Crippen LogP contribution < -0.4 is 0 Å². The summed E-state index contributed by atoms with van der Waals surface area (Å²) in [6.07, 6.45) is -0.615. The molecule has 5 nitrogen and oxygen atoms in total. The number of amides is 2. The van der Waals surface area contributed by atoms with Gasteiger partial charge in [0.25, 0.3) is 11.8 Å². The predicted octanol–water partition coefficient (Wildman–Crippen LogP) is 2.57. The zero-order valence-corrected chi connectivity index (χ0v) is 12.5. The number of benzene rings is 2. The second-order valence-corrected chi connectivity index (χ2v) is 5.28. The van der Waals surface area contributed by atoms with Crippen molar-refractivity contribution in [1.29, 1.82) is 0 Å². The van der Waals surface area contributed by atoms with Gasteiger partial charge in [-0.15, -0.1) is 0 Å². The quantitative estimate of drug-likeness (QED) is 0.811. The van der Waals surface area contributed by atoms with Crippen molar-refractivity contribution in [2.75, 3.05) is 0 Å². The monoisotopic (exact) mass is 331 g/mol. The van der Waals surface area contributed by atoms with Crippen LogP contribution in [-0.4, -0.2) is 22.8 Å². The number of hydrogen-bond acceptors (Lipinski definition) is 4. The van der Waals surface area contributed by atoms with Gasteiger partial charge in [-0.2, -0.15) is 0 Å². The van der Waals surface area contributed by atoms with Gasteiger partial charge >= 0.3 is 5.97 Å². The van der Waals surface area contributed by atoms with E-state index in [1.807, 2.05) is 0 Å². The highest BCUT2D eigenvalue weighted by atomic mass is 19.1. The van der Waals surface area contributed by atoms with E-state index < -0.39 is 35.8 Å². The zero-order valence-electron chi connectivity index (χ0n) is 12.5. The summed E-state index contributed by atoms with van der Waals surface area (Å²) in [5, 5.41) is 0.329. The van der Waals surface area contributed by atoms with E-state index >= 15 is 0 Å². The van der Waals surface area contributed by atoms with Crippen LogP contribution in [0.5, 0.6) is 0 Å². The molecule has 24 heavy (non-hydrogen) atoms. The first-order valence-electron chi connectivity index (χ1n) is 7.01. The number of carbonyl (C=O) groups excluding carboxylic acids is 3. The normalized spacial score (nSPS) is 13.2. The van der Waals surface area contributed by atoms with E-state index in [4.69, 9.17) is 4.84 Å².